The number of hydrazine groups is 1. The van der Waals surface area contributed by atoms with Crippen molar-refractivity contribution in [3.05, 3.63) is 18.0 Å². The first-order valence-corrected chi connectivity index (χ1v) is 5.02. The van der Waals surface area contributed by atoms with E-state index in [9.17, 15) is 0 Å². The quantitative estimate of drug-likeness (QED) is 0.554. The number of rotatable bonds is 4. The Kier molecular flexibility index (Phi) is 3.49. The fourth-order valence-corrected chi connectivity index (χ4v) is 1.58. The lowest BCUT2D eigenvalue weighted by molar-refractivity contribution is 0.133. The van der Waals surface area contributed by atoms with Gasteiger partial charge in [0.25, 0.3) is 0 Å². The number of nitrogens with zero attached hydrogens (tertiary/aromatic N) is 3. The van der Waals surface area contributed by atoms with E-state index in [0.717, 1.165) is 5.69 Å². The van der Waals surface area contributed by atoms with Gasteiger partial charge in [-0.1, -0.05) is 0 Å². The summed E-state index contributed by atoms with van der Waals surface area (Å²) in [6.07, 6.45) is 1.78. The van der Waals surface area contributed by atoms with E-state index in [4.69, 9.17) is 5.84 Å². The minimum atomic E-state index is -0.0808. The molecule has 1 unspecified atom stereocenters. The number of aryl methyl sites for hydroxylation is 1. The molecule has 3 N–H and O–H groups in total. The molecule has 0 aliphatic rings. The summed E-state index contributed by atoms with van der Waals surface area (Å²) in [5.74, 6) is 5.64. The van der Waals surface area contributed by atoms with Gasteiger partial charge in [0.1, 0.15) is 0 Å². The minimum Gasteiger partial charge on any atom is -0.302 e. The van der Waals surface area contributed by atoms with Gasteiger partial charge >= 0.3 is 0 Å². The molecule has 0 saturated heterocycles. The Morgan fingerprint density at radius 2 is 2.13 bits per heavy atom. The lowest BCUT2D eigenvalue weighted by atomic mass is 9.91. The molecule has 1 aromatic rings. The maximum atomic E-state index is 5.64. The summed E-state index contributed by atoms with van der Waals surface area (Å²) in [5.41, 5.74) is 3.86. The molecule has 5 heteroatoms. The summed E-state index contributed by atoms with van der Waals surface area (Å²) >= 11 is 0. The van der Waals surface area contributed by atoms with Crippen LogP contribution in [0, 0.1) is 0 Å². The number of nitrogens with two attached hydrogens (primary N) is 1. The molecule has 5 nitrogen and oxygen atoms in total. The molecule has 15 heavy (non-hydrogen) atoms. The van der Waals surface area contributed by atoms with Gasteiger partial charge in [0, 0.05) is 18.8 Å². The standard InChI is InChI=1S/C10H21N5/c1-10(2,14(3)4)9(13-11)8-6-7-12-15(8)5/h6-7,9,13H,11H2,1-5H3. The van der Waals surface area contributed by atoms with Crippen LogP contribution >= 0.6 is 0 Å². The molecular formula is C10H21N5. The lowest BCUT2D eigenvalue weighted by Crippen LogP contribution is -2.51. The summed E-state index contributed by atoms with van der Waals surface area (Å²) < 4.78 is 1.84. The molecule has 0 aromatic carbocycles. The maximum absolute atomic E-state index is 5.64. The van der Waals surface area contributed by atoms with Crippen LogP contribution in [0.25, 0.3) is 0 Å². The molecule has 0 amide bonds. The zero-order valence-electron chi connectivity index (χ0n) is 10.2. The first-order chi connectivity index (χ1) is 6.91. The first-order valence-electron chi connectivity index (χ1n) is 5.02. The van der Waals surface area contributed by atoms with Gasteiger partial charge in [0.2, 0.25) is 0 Å². The Morgan fingerprint density at radius 1 is 1.53 bits per heavy atom. The topological polar surface area (TPSA) is 59.1 Å². The Balaban J connectivity index is 3.04. The van der Waals surface area contributed by atoms with Crippen molar-refractivity contribution in [2.75, 3.05) is 14.1 Å². The smallest absolute Gasteiger partial charge is 0.0806 e. The van der Waals surface area contributed by atoms with Gasteiger partial charge in [-0.15, -0.1) is 0 Å². The molecule has 86 valence electrons. The van der Waals surface area contributed by atoms with Crippen LogP contribution < -0.4 is 11.3 Å². The van der Waals surface area contributed by atoms with Crippen LogP contribution in [-0.4, -0.2) is 34.3 Å². The highest BCUT2D eigenvalue weighted by molar-refractivity contribution is 5.12. The number of likely N-dealkylation sites (N-methyl/N-ethyl adjacent to an activating group) is 1. The van der Waals surface area contributed by atoms with Gasteiger partial charge < -0.3 is 4.90 Å². The molecule has 1 rings (SSSR count). The van der Waals surface area contributed by atoms with Gasteiger partial charge in [-0.3, -0.25) is 10.5 Å². The molecule has 1 atom stereocenters. The fraction of sp³-hybridized carbons (Fsp3) is 0.700. The second-order valence-corrected chi connectivity index (χ2v) is 4.53. The van der Waals surface area contributed by atoms with Crippen molar-refractivity contribution in [2.24, 2.45) is 12.9 Å². The van der Waals surface area contributed by atoms with E-state index in [1.54, 1.807) is 6.20 Å². The van der Waals surface area contributed by atoms with Crippen LogP contribution in [0.3, 0.4) is 0 Å². The number of nitrogens with one attached hydrogen (secondary N) is 1. The van der Waals surface area contributed by atoms with Crippen molar-refractivity contribution < 1.29 is 0 Å². The van der Waals surface area contributed by atoms with Gasteiger partial charge in [-0.2, -0.15) is 5.10 Å². The molecule has 0 fully saturated rings. The average molecular weight is 211 g/mol. The maximum Gasteiger partial charge on any atom is 0.0806 e. The van der Waals surface area contributed by atoms with Crippen molar-refractivity contribution in [3.8, 4) is 0 Å². The Hall–Kier alpha value is -0.910. The number of hydrogen-bond acceptors (Lipinski definition) is 4. The largest absolute Gasteiger partial charge is 0.302 e. The monoisotopic (exact) mass is 211 g/mol. The van der Waals surface area contributed by atoms with Crippen molar-refractivity contribution in [1.82, 2.24) is 20.1 Å². The zero-order valence-corrected chi connectivity index (χ0v) is 10.2. The van der Waals surface area contributed by atoms with Crippen molar-refractivity contribution in [1.29, 1.82) is 0 Å². The van der Waals surface area contributed by atoms with Crippen LogP contribution in [0.4, 0.5) is 0 Å². The highest BCUT2D eigenvalue weighted by atomic mass is 15.3. The normalized spacial score (nSPS) is 14.6. The fourth-order valence-electron chi connectivity index (χ4n) is 1.58. The van der Waals surface area contributed by atoms with Crippen LogP contribution in [0.15, 0.2) is 12.3 Å². The van der Waals surface area contributed by atoms with Crippen molar-refractivity contribution in [3.63, 3.8) is 0 Å². The first kappa shape index (κ1) is 12.2. The zero-order chi connectivity index (χ0) is 11.6. The number of hydrogen-bond donors (Lipinski definition) is 2. The van der Waals surface area contributed by atoms with E-state index in [-0.39, 0.29) is 11.6 Å². The van der Waals surface area contributed by atoms with Crippen LogP contribution in [-0.2, 0) is 7.05 Å². The van der Waals surface area contributed by atoms with E-state index in [1.165, 1.54) is 0 Å². The predicted molar refractivity (Wildman–Crippen MR) is 61.0 cm³/mol. The minimum absolute atomic E-state index is 0.0417. The summed E-state index contributed by atoms with van der Waals surface area (Å²) in [5, 5.41) is 4.16. The Labute approximate surface area is 91.2 Å². The van der Waals surface area contributed by atoms with Crippen LogP contribution in [0.5, 0.6) is 0 Å². The third-order valence-electron chi connectivity index (χ3n) is 3.18. The third-order valence-corrected chi connectivity index (χ3v) is 3.18. The van der Waals surface area contributed by atoms with Crippen LogP contribution in [0.2, 0.25) is 0 Å². The van der Waals surface area contributed by atoms with Crippen LogP contribution in [0.1, 0.15) is 25.6 Å². The second-order valence-electron chi connectivity index (χ2n) is 4.53. The average Bonchev–Trinajstić information content (AvgIpc) is 2.53. The van der Waals surface area contributed by atoms with E-state index in [2.05, 4.69) is 29.3 Å². The van der Waals surface area contributed by atoms with E-state index >= 15 is 0 Å². The molecular weight excluding hydrogens is 190 g/mol. The van der Waals surface area contributed by atoms with Crippen molar-refractivity contribution >= 4 is 0 Å². The number of aromatic nitrogens is 2. The Morgan fingerprint density at radius 3 is 2.47 bits per heavy atom. The molecule has 0 saturated carbocycles. The van der Waals surface area contributed by atoms with E-state index < -0.39 is 0 Å². The van der Waals surface area contributed by atoms with Gasteiger partial charge in [0.15, 0.2) is 0 Å². The van der Waals surface area contributed by atoms with Gasteiger partial charge in [-0.05, 0) is 34.0 Å². The van der Waals surface area contributed by atoms with Gasteiger partial charge in [0.05, 0.1) is 11.7 Å². The molecule has 0 spiro atoms. The highest BCUT2D eigenvalue weighted by Crippen LogP contribution is 2.27. The second kappa shape index (κ2) is 4.30. The Bertz CT molecular complexity index is 315. The lowest BCUT2D eigenvalue weighted by Gasteiger charge is -2.39. The van der Waals surface area contributed by atoms with E-state index in [1.807, 2.05) is 31.9 Å². The van der Waals surface area contributed by atoms with Gasteiger partial charge in [-0.25, -0.2) is 5.43 Å². The summed E-state index contributed by atoms with van der Waals surface area (Å²) in [4.78, 5) is 2.14. The summed E-state index contributed by atoms with van der Waals surface area (Å²) in [6.45, 7) is 4.29. The molecule has 0 bridgehead atoms. The summed E-state index contributed by atoms with van der Waals surface area (Å²) in [7, 11) is 6.01. The highest BCUT2D eigenvalue weighted by Gasteiger charge is 2.33. The van der Waals surface area contributed by atoms with Crippen molar-refractivity contribution in [2.45, 2.75) is 25.4 Å². The third kappa shape index (κ3) is 2.19. The predicted octanol–water partition coefficient (Wildman–Crippen LogP) is 0.265. The molecule has 1 aromatic heterocycles. The molecule has 0 radical (unpaired) electrons. The molecule has 0 aliphatic heterocycles. The molecule has 0 aliphatic carbocycles. The summed E-state index contributed by atoms with van der Waals surface area (Å²) in [6, 6.07) is 2.02. The molecule has 1 heterocycles. The van der Waals surface area contributed by atoms with E-state index in [0.29, 0.717) is 0 Å². The SMILES string of the molecule is CN(C)C(C)(C)C(NN)c1ccnn1C.